The van der Waals surface area contributed by atoms with E-state index in [4.69, 9.17) is 15.9 Å². The minimum atomic E-state index is -0.507. The zero-order valence-corrected chi connectivity index (χ0v) is 13.4. The molecule has 0 radical (unpaired) electrons. The smallest absolute Gasteiger partial charge is 0.148 e. The van der Waals surface area contributed by atoms with E-state index in [1.165, 1.54) is 0 Å². The van der Waals surface area contributed by atoms with E-state index in [9.17, 15) is 5.11 Å². The van der Waals surface area contributed by atoms with E-state index in [0.717, 1.165) is 15.8 Å². The molecule has 0 aromatic heterocycles. The number of aliphatic hydroxyl groups excluding tert-OH is 1. The molecule has 5 heteroatoms. The Hall–Kier alpha value is -1.06. The molecule has 0 bridgehead atoms. The van der Waals surface area contributed by atoms with E-state index in [2.05, 4.69) is 21.9 Å². The fourth-order valence-electron chi connectivity index (χ4n) is 1.89. The summed E-state index contributed by atoms with van der Waals surface area (Å²) in [7, 11) is 3.51. The molecule has 1 rings (SSSR count). The van der Waals surface area contributed by atoms with Crippen LogP contribution in [0, 0.1) is 12.3 Å². The van der Waals surface area contributed by atoms with Crippen molar-refractivity contribution >= 4 is 15.9 Å². The Morgan fingerprint density at radius 1 is 1.50 bits per heavy atom. The SMILES string of the molecule is C#CCOc1ccc(Br)cc1CN(C)CC(O)COC. The van der Waals surface area contributed by atoms with Gasteiger partial charge in [0.05, 0.1) is 12.7 Å². The van der Waals surface area contributed by atoms with Crippen LogP contribution in [0.2, 0.25) is 0 Å². The molecule has 0 aliphatic carbocycles. The van der Waals surface area contributed by atoms with Gasteiger partial charge in [-0.2, -0.15) is 0 Å². The molecular formula is C15H20BrNO3. The quantitative estimate of drug-likeness (QED) is 0.733. The highest BCUT2D eigenvalue weighted by Crippen LogP contribution is 2.24. The van der Waals surface area contributed by atoms with Crippen LogP contribution in [-0.2, 0) is 11.3 Å². The summed E-state index contributed by atoms with van der Waals surface area (Å²) in [6, 6.07) is 5.79. The van der Waals surface area contributed by atoms with E-state index in [0.29, 0.717) is 19.7 Å². The van der Waals surface area contributed by atoms with Crippen molar-refractivity contribution in [2.75, 3.05) is 33.9 Å². The van der Waals surface area contributed by atoms with Gasteiger partial charge in [0.2, 0.25) is 0 Å². The van der Waals surface area contributed by atoms with E-state index >= 15 is 0 Å². The number of terminal acetylenes is 1. The van der Waals surface area contributed by atoms with Crippen LogP contribution in [-0.4, -0.2) is 50.0 Å². The first-order valence-electron chi connectivity index (χ1n) is 6.27. The summed E-state index contributed by atoms with van der Waals surface area (Å²) in [6.45, 7) is 1.74. The molecule has 20 heavy (non-hydrogen) atoms. The fourth-order valence-corrected chi connectivity index (χ4v) is 2.30. The molecule has 0 spiro atoms. The lowest BCUT2D eigenvalue weighted by Gasteiger charge is -2.21. The standard InChI is InChI=1S/C15H20BrNO3/c1-4-7-20-15-6-5-13(16)8-12(15)9-17(2)10-14(18)11-19-3/h1,5-6,8,14,18H,7,9-11H2,2-3H3. The second-order valence-electron chi connectivity index (χ2n) is 4.55. The van der Waals surface area contributed by atoms with E-state index < -0.39 is 6.10 Å². The summed E-state index contributed by atoms with van der Waals surface area (Å²) in [5, 5.41) is 9.73. The molecule has 0 aliphatic rings. The highest BCUT2D eigenvalue weighted by molar-refractivity contribution is 9.10. The monoisotopic (exact) mass is 341 g/mol. The summed E-state index contributed by atoms with van der Waals surface area (Å²) < 4.78 is 11.4. The predicted octanol–water partition coefficient (Wildman–Crippen LogP) is 1.90. The van der Waals surface area contributed by atoms with Crippen LogP contribution >= 0.6 is 15.9 Å². The first-order valence-corrected chi connectivity index (χ1v) is 7.06. The van der Waals surface area contributed by atoms with Crippen molar-refractivity contribution in [2.45, 2.75) is 12.6 Å². The Kier molecular flexibility index (Phi) is 7.63. The number of likely N-dealkylation sites (N-methyl/N-ethyl adjacent to an activating group) is 1. The second-order valence-corrected chi connectivity index (χ2v) is 5.47. The molecule has 0 amide bonds. The van der Waals surface area contributed by atoms with Crippen molar-refractivity contribution in [3.8, 4) is 18.1 Å². The normalized spacial score (nSPS) is 12.2. The lowest BCUT2D eigenvalue weighted by atomic mass is 10.2. The van der Waals surface area contributed by atoms with E-state index in [-0.39, 0.29) is 6.61 Å². The Morgan fingerprint density at radius 2 is 2.25 bits per heavy atom. The molecule has 0 saturated heterocycles. The highest BCUT2D eigenvalue weighted by atomic mass is 79.9. The van der Waals surface area contributed by atoms with Crippen LogP contribution in [0.15, 0.2) is 22.7 Å². The third-order valence-corrected chi connectivity index (χ3v) is 3.15. The summed E-state index contributed by atoms with van der Waals surface area (Å²) in [5.74, 6) is 3.22. The molecule has 1 aromatic carbocycles. The molecule has 0 heterocycles. The number of aliphatic hydroxyl groups is 1. The van der Waals surface area contributed by atoms with Crippen LogP contribution in [0.25, 0.3) is 0 Å². The molecule has 1 atom stereocenters. The molecule has 0 aliphatic heterocycles. The average molecular weight is 342 g/mol. The number of halogens is 1. The maximum absolute atomic E-state index is 9.73. The fraction of sp³-hybridized carbons (Fsp3) is 0.467. The average Bonchev–Trinajstić information content (AvgIpc) is 2.37. The molecule has 0 saturated carbocycles. The Morgan fingerprint density at radius 3 is 2.90 bits per heavy atom. The summed E-state index contributed by atoms with van der Waals surface area (Å²) in [4.78, 5) is 2.01. The molecule has 1 aromatic rings. The van der Waals surface area contributed by atoms with Crippen molar-refractivity contribution < 1.29 is 14.6 Å². The number of methoxy groups -OCH3 is 1. The Labute approximate surface area is 128 Å². The number of hydrogen-bond donors (Lipinski definition) is 1. The van der Waals surface area contributed by atoms with Gasteiger partial charge in [0.1, 0.15) is 12.4 Å². The lowest BCUT2D eigenvalue weighted by molar-refractivity contribution is 0.0417. The van der Waals surface area contributed by atoms with Gasteiger partial charge in [-0.1, -0.05) is 21.9 Å². The van der Waals surface area contributed by atoms with E-state index in [1.54, 1.807) is 7.11 Å². The number of benzene rings is 1. The summed E-state index contributed by atoms with van der Waals surface area (Å²) >= 11 is 3.45. The zero-order valence-electron chi connectivity index (χ0n) is 11.8. The Balaban J connectivity index is 2.69. The third-order valence-electron chi connectivity index (χ3n) is 2.66. The largest absolute Gasteiger partial charge is 0.481 e. The third kappa shape index (κ3) is 5.93. The molecule has 0 fully saturated rings. The highest BCUT2D eigenvalue weighted by Gasteiger charge is 2.11. The van der Waals surface area contributed by atoms with E-state index in [1.807, 2.05) is 30.1 Å². The minimum Gasteiger partial charge on any atom is -0.481 e. The lowest BCUT2D eigenvalue weighted by Crippen LogP contribution is -2.31. The summed E-state index contributed by atoms with van der Waals surface area (Å²) in [6.07, 6.45) is 4.71. The van der Waals surface area contributed by atoms with Gasteiger partial charge in [0, 0.05) is 30.2 Å². The number of ether oxygens (including phenoxy) is 2. The maximum atomic E-state index is 9.73. The maximum Gasteiger partial charge on any atom is 0.148 e. The van der Waals surface area contributed by atoms with Crippen molar-refractivity contribution in [3.05, 3.63) is 28.2 Å². The summed E-state index contributed by atoms with van der Waals surface area (Å²) in [5.41, 5.74) is 1.02. The van der Waals surface area contributed by atoms with Gasteiger partial charge < -0.3 is 14.6 Å². The molecular weight excluding hydrogens is 322 g/mol. The van der Waals surface area contributed by atoms with Crippen molar-refractivity contribution in [3.63, 3.8) is 0 Å². The van der Waals surface area contributed by atoms with Crippen LogP contribution in [0.1, 0.15) is 5.56 Å². The number of nitrogens with zero attached hydrogens (tertiary/aromatic N) is 1. The van der Waals surface area contributed by atoms with Crippen LogP contribution < -0.4 is 4.74 Å². The zero-order chi connectivity index (χ0) is 15.0. The van der Waals surface area contributed by atoms with Gasteiger partial charge in [-0.3, -0.25) is 4.90 Å². The minimum absolute atomic E-state index is 0.241. The second kappa shape index (κ2) is 8.98. The molecule has 4 nitrogen and oxygen atoms in total. The van der Waals surface area contributed by atoms with Crippen LogP contribution in [0.4, 0.5) is 0 Å². The van der Waals surface area contributed by atoms with Gasteiger partial charge in [-0.05, 0) is 25.2 Å². The topological polar surface area (TPSA) is 41.9 Å². The van der Waals surface area contributed by atoms with Gasteiger partial charge in [-0.25, -0.2) is 0 Å². The number of hydrogen-bond acceptors (Lipinski definition) is 4. The Bertz CT molecular complexity index is 459. The van der Waals surface area contributed by atoms with Crippen LogP contribution in [0.5, 0.6) is 5.75 Å². The number of rotatable bonds is 8. The van der Waals surface area contributed by atoms with Crippen LogP contribution in [0.3, 0.4) is 0 Å². The first kappa shape index (κ1) is 17.0. The van der Waals surface area contributed by atoms with Crippen molar-refractivity contribution in [1.29, 1.82) is 0 Å². The molecule has 110 valence electrons. The molecule has 1 unspecified atom stereocenters. The van der Waals surface area contributed by atoms with Crippen molar-refractivity contribution in [1.82, 2.24) is 4.90 Å². The van der Waals surface area contributed by atoms with Gasteiger partial charge in [0.25, 0.3) is 0 Å². The van der Waals surface area contributed by atoms with Gasteiger partial charge in [0.15, 0.2) is 0 Å². The van der Waals surface area contributed by atoms with Crippen molar-refractivity contribution in [2.24, 2.45) is 0 Å². The first-order chi connectivity index (χ1) is 9.56. The van der Waals surface area contributed by atoms with Gasteiger partial charge in [-0.15, -0.1) is 6.42 Å². The predicted molar refractivity (Wildman–Crippen MR) is 82.7 cm³/mol. The van der Waals surface area contributed by atoms with Gasteiger partial charge >= 0.3 is 0 Å². The molecule has 1 N–H and O–H groups in total.